The van der Waals surface area contributed by atoms with Gasteiger partial charge in [-0.3, -0.25) is 4.72 Å². The summed E-state index contributed by atoms with van der Waals surface area (Å²) in [5, 5.41) is 8.84. The molecule has 0 aliphatic rings. The Kier molecular flexibility index (Phi) is 4.16. The topological polar surface area (TPSA) is 72.0 Å². The van der Waals surface area contributed by atoms with Gasteiger partial charge in [0.05, 0.1) is 5.75 Å². The molecule has 7 heteroatoms. The standard InChI is InChI=1S/C12H15N3O2S2/c1-3-11-13-14-12(18-11)15-19(16,17)8-10-7-5-4-6-9(10)2/h4-7H,3,8H2,1-2H3,(H,14,15). The molecule has 0 fully saturated rings. The summed E-state index contributed by atoms with van der Waals surface area (Å²) in [6.07, 6.45) is 0.747. The molecule has 0 radical (unpaired) electrons. The summed E-state index contributed by atoms with van der Waals surface area (Å²) in [4.78, 5) is 0. The van der Waals surface area contributed by atoms with Crippen LogP contribution in [-0.2, 0) is 22.2 Å². The summed E-state index contributed by atoms with van der Waals surface area (Å²) < 4.78 is 26.6. The lowest BCUT2D eigenvalue weighted by Gasteiger charge is -2.07. The molecule has 0 saturated carbocycles. The third-order valence-electron chi connectivity index (χ3n) is 2.62. The van der Waals surface area contributed by atoms with E-state index in [1.807, 2.05) is 38.1 Å². The number of aryl methyl sites for hydroxylation is 2. The van der Waals surface area contributed by atoms with Crippen molar-refractivity contribution in [1.29, 1.82) is 0 Å². The van der Waals surface area contributed by atoms with Gasteiger partial charge < -0.3 is 0 Å². The van der Waals surface area contributed by atoms with E-state index in [0.29, 0.717) is 5.13 Å². The second-order valence-electron chi connectivity index (χ2n) is 4.14. The fraction of sp³-hybridized carbons (Fsp3) is 0.333. The molecule has 2 rings (SSSR count). The number of nitrogens with zero attached hydrogens (tertiary/aromatic N) is 2. The number of anilines is 1. The van der Waals surface area contributed by atoms with Gasteiger partial charge in [0.25, 0.3) is 0 Å². The summed E-state index contributed by atoms with van der Waals surface area (Å²) in [6.45, 7) is 3.84. The van der Waals surface area contributed by atoms with Gasteiger partial charge in [0.2, 0.25) is 15.2 Å². The van der Waals surface area contributed by atoms with Gasteiger partial charge in [-0.25, -0.2) is 8.42 Å². The minimum atomic E-state index is -3.45. The summed E-state index contributed by atoms with van der Waals surface area (Å²) in [5.74, 6) is -0.0548. The third kappa shape index (κ3) is 3.74. The van der Waals surface area contributed by atoms with E-state index in [-0.39, 0.29) is 5.75 Å². The summed E-state index contributed by atoms with van der Waals surface area (Å²) >= 11 is 1.26. The quantitative estimate of drug-likeness (QED) is 0.919. The van der Waals surface area contributed by atoms with Crippen molar-refractivity contribution in [3.8, 4) is 0 Å². The van der Waals surface area contributed by atoms with Gasteiger partial charge in [0.15, 0.2) is 0 Å². The number of sulfonamides is 1. The van der Waals surface area contributed by atoms with Gasteiger partial charge in [-0.1, -0.05) is 42.5 Å². The van der Waals surface area contributed by atoms with Crippen molar-refractivity contribution >= 4 is 26.5 Å². The molecule has 102 valence electrons. The zero-order chi connectivity index (χ0) is 13.9. The van der Waals surface area contributed by atoms with Gasteiger partial charge >= 0.3 is 0 Å². The Labute approximate surface area is 116 Å². The summed E-state index contributed by atoms with van der Waals surface area (Å²) in [5.41, 5.74) is 1.75. The Morgan fingerprint density at radius 1 is 1.26 bits per heavy atom. The SMILES string of the molecule is CCc1nnc(NS(=O)(=O)Cc2ccccc2C)s1. The molecule has 0 saturated heterocycles. The van der Waals surface area contributed by atoms with Gasteiger partial charge in [0.1, 0.15) is 5.01 Å². The van der Waals surface area contributed by atoms with Crippen molar-refractivity contribution in [3.05, 3.63) is 40.4 Å². The molecule has 0 aliphatic carbocycles. The molecular formula is C12H15N3O2S2. The van der Waals surface area contributed by atoms with Crippen molar-refractivity contribution in [1.82, 2.24) is 10.2 Å². The zero-order valence-electron chi connectivity index (χ0n) is 10.8. The smallest absolute Gasteiger partial charge is 0.238 e. The normalized spacial score (nSPS) is 11.5. The first-order chi connectivity index (χ1) is 9.00. The molecule has 1 heterocycles. The molecule has 2 aromatic rings. The molecule has 1 N–H and O–H groups in total. The van der Waals surface area contributed by atoms with Crippen molar-refractivity contribution in [2.45, 2.75) is 26.0 Å². The van der Waals surface area contributed by atoms with Gasteiger partial charge in [-0.2, -0.15) is 0 Å². The van der Waals surface area contributed by atoms with E-state index >= 15 is 0 Å². The van der Waals surface area contributed by atoms with Crippen molar-refractivity contribution in [2.75, 3.05) is 4.72 Å². The molecule has 0 spiro atoms. The lowest BCUT2D eigenvalue weighted by atomic mass is 10.1. The fourth-order valence-corrected chi connectivity index (χ4v) is 3.77. The van der Waals surface area contributed by atoms with E-state index in [9.17, 15) is 8.42 Å². The first kappa shape index (κ1) is 14.0. The Hall–Kier alpha value is -1.47. The van der Waals surface area contributed by atoms with E-state index < -0.39 is 10.0 Å². The van der Waals surface area contributed by atoms with Crippen LogP contribution in [0.25, 0.3) is 0 Å². The molecule has 1 aromatic carbocycles. The van der Waals surface area contributed by atoms with Crippen LogP contribution in [-0.4, -0.2) is 18.6 Å². The summed E-state index contributed by atoms with van der Waals surface area (Å²) in [7, 11) is -3.45. The maximum atomic E-state index is 12.0. The second kappa shape index (κ2) is 5.66. The highest BCUT2D eigenvalue weighted by molar-refractivity contribution is 7.92. The molecule has 0 atom stereocenters. The van der Waals surface area contributed by atoms with Gasteiger partial charge in [-0.05, 0) is 24.5 Å². The number of rotatable bonds is 5. The van der Waals surface area contributed by atoms with Crippen molar-refractivity contribution in [2.24, 2.45) is 0 Å². The predicted octanol–water partition coefficient (Wildman–Crippen LogP) is 2.35. The molecule has 0 aliphatic heterocycles. The Morgan fingerprint density at radius 3 is 2.63 bits per heavy atom. The predicted molar refractivity (Wildman–Crippen MR) is 76.7 cm³/mol. The van der Waals surface area contributed by atoms with E-state index in [1.165, 1.54) is 11.3 Å². The zero-order valence-corrected chi connectivity index (χ0v) is 12.4. The van der Waals surface area contributed by atoms with E-state index in [1.54, 1.807) is 0 Å². The van der Waals surface area contributed by atoms with Gasteiger partial charge in [-0.15, -0.1) is 10.2 Å². The number of hydrogen-bond acceptors (Lipinski definition) is 5. The van der Waals surface area contributed by atoms with Crippen LogP contribution in [0.15, 0.2) is 24.3 Å². The lowest BCUT2D eigenvalue weighted by molar-refractivity contribution is 0.600. The average molecular weight is 297 g/mol. The van der Waals surface area contributed by atoms with Crippen molar-refractivity contribution < 1.29 is 8.42 Å². The minimum Gasteiger partial charge on any atom is -0.257 e. The monoisotopic (exact) mass is 297 g/mol. The fourth-order valence-electron chi connectivity index (χ4n) is 1.58. The van der Waals surface area contributed by atoms with Crippen LogP contribution in [0.5, 0.6) is 0 Å². The van der Waals surface area contributed by atoms with E-state index in [4.69, 9.17) is 0 Å². The summed E-state index contributed by atoms with van der Waals surface area (Å²) in [6, 6.07) is 7.42. The first-order valence-electron chi connectivity index (χ1n) is 5.87. The number of aromatic nitrogens is 2. The number of hydrogen-bond donors (Lipinski definition) is 1. The van der Waals surface area contributed by atoms with Crippen LogP contribution in [0.1, 0.15) is 23.1 Å². The van der Waals surface area contributed by atoms with Gasteiger partial charge in [0, 0.05) is 0 Å². The lowest BCUT2D eigenvalue weighted by Crippen LogP contribution is -2.15. The largest absolute Gasteiger partial charge is 0.257 e. The number of benzene rings is 1. The Morgan fingerprint density at radius 2 is 2.00 bits per heavy atom. The van der Waals surface area contributed by atoms with Crippen LogP contribution in [0.2, 0.25) is 0 Å². The highest BCUT2D eigenvalue weighted by Gasteiger charge is 2.15. The molecule has 19 heavy (non-hydrogen) atoms. The third-order valence-corrected chi connectivity index (χ3v) is 4.93. The number of nitrogens with one attached hydrogen (secondary N) is 1. The molecule has 0 unspecified atom stereocenters. The van der Waals surface area contributed by atoms with Crippen LogP contribution in [0, 0.1) is 6.92 Å². The molecule has 0 bridgehead atoms. The maximum absolute atomic E-state index is 12.0. The van der Waals surface area contributed by atoms with Crippen LogP contribution in [0.4, 0.5) is 5.13 Å². The highest BCUT2D eigenvalue weighted by Crippen LogP contribution is 2.19. The average Bonchev–Trinajstić information content (AvgIpc) is 2.78. The first-order valence-corrected chi connectivity index (χ1v) is 8.34. The van der Waals surface area contributed by atoms with Crippen molar-refractivity contribution in [3.63, 3.8) is 0 Å². The van der Waals surface area contributed by atoms with Crippen LogP contribution in [0.3, 0.4) is 0 Å². The van der Waals surface area contributed by atoms with Crippen LogP contribution >= 0.6 is 11.3 Å². The second-order valence-corrected chi connectivity index (χ2v) is 6.93. The Bertz CT molecular complexity index is 665. The van der Waals surface area contributed by atoms with Crippen LogP contribution < -0.4 is 4.72 Å². The Balaban J connectivity index is 2.13. The maximum Gasteiger partial charge on any atom is 0.238 e. The molecule has 5 nitrogen and oxygen atoms in total. The molecule has 1 aromatic heterocycles. The highest BCUT2D eigenvalue weighted by atomic mass is 32.2. The minimum absolute atomic E-state index is 0.0548. The van der Waals surface area contributed by atoms with E-state index in [0.717, 1.165) is 22.6 Å². The molecule has 0 amide bonds. The van der Waals surface area contributed by atoms with E-state index in [2.05, 4.69) is 14.9 Å². The molecular weight excluding hydrogens is 282 g/mol.